The smallest absolute Gasteiger partial charge is 0.236 e. The maximum atomic E-state index is 12.5. The minimum absolute atomic E-state index is 0.274. The van der Waals surface area contributed by atoms with E-state index in [0.717, 1.165) is 45.2 Å². The highest BCUT2D eigenvalue weighted by Crippen LogP contribution is 2.12. The van der Waals surface area contributed by atoms with Gasteiger partial charge in [-0.05, 0) is 32.0 Å². The van der Waals surface area contributed by atoms with E-state index < -0.39 is 0 Å². The Morgan fingerprint density at radius 3 is 2.18 bits per heavy atom. The second kappa shape index (κ2) is 7.54. The van der Waals surface area contributed by atoms with Gasteiger partial charge in [0, 0.05) is 38.6 Å². The molecule has 1 amide bonds. The van der Waals surface area contributed by atoms with Crippen LogP contribution in [0.2, 0.25) is 0 Å². The van der Waals surface area contributed by atoms with Crippen LogP contribution in [-0.4, -0.2) is 71.5 Å². The number of likely N-dealkylation sites (tertiary alicyclic amines) is 1. The van der Waals surface area contributed by atoms with Crippen LogP contribution in [0.3, 0.4) is 0 Å². The molecule has 2 fully saturated rings. The van der Waals surface area contributed by atoms with Gasteiger partial charge in [-0.2, -0.15) is 0 Å². The van der Waals surface area contributed by atoms with Crippen LogP contribution in [0.4, 0.5) is 5.95 Å². The lowest BCUT2D eigenvalue weighted by atomic mass is 10.2. The van der Waals surface area contributed by atoms with Crippen molar-refractivity contribution in [2.24, 2.45) is 0 Å². The Labute approximate surface area is 132 Å². The Hall–Kier alpha value is -1.69. The molecule has 0 N–H and O–H groups in total. The molecule has 0 unspecified atom stereocenters. The normalized spacial score (nSPS) is 20.7. The van der Waals surface area contributed by atoms with Gasteiger partial charge in [0.25, 0.3) is 0 Å². The molecule has 2 aliphatic heterocycles. The van der Waals surface area contributed by atoms with E-state index in [-0.39, 0.29) is 5.91 Å². The van der Waals surface area contributed by atoms with Gasteiger partial charge < -0.3 is 9.80 Å². The summed E-state index contributed by atoms with van der Waals surface area (Å²) >= 11 is 0. The Kier molecular flexibility index (Phi) is 5.21. The second-order valence-electron chi connectivity index (χ2n) is 6.11. The number of carbonyl (C=O) groups is 1. The molecule has 3 heterocycles. The molecule has 6 nitrogen and oxygen atoms in total. The fourth-order valence-corrected chi connectivity index (χ4v) is 3.20. The summed E-state index contributed by atoms with van der Waals surface area (Å²) in [6.07, 6.45) is 8.60. The number of piperazine rings is 1. The molecular formula is C16H25N5O. The SMILES string of the molecule is O=C(CN1CCCCCC1)N1CCN(c2ncccn2)CC1. The van der Waals surface area contributed by atoms with Crippen molar-refractivity contribution in [3.8, 4) is 0 Å². The summed E-state index contributed by atoms with van der Waals surface area (Å²) in [5.74, 6) is 1.04. The zero-order valence-corrected chi connectivity index (χ0v) is 13.2. The van der Waals surface area contributed by atoms with E-state index in [9.17, 15) is 4.79 Å². The Balaban J connectivity index is 1.47. The van der Waals surface area contributed by atoms with E-state index in [4.69, 9.17) is 0 Å². The number of hydrogen-bond donors (Lipinski definition) is 0. The zero-order chi connectivity index (χ0) is 15.2. The third-order valence-electron chi connectivity index (χ3n) is 4.52. The lowest BCUT2D eigenvalue weighted by molar-refractivity contribution is -0.132. The van der Waals surface area contributed by atoms with Gasteiger partial charge in [0.05, 0.1) is 6.54 Å². The number of hydrogen-bond acceptors (Lipinski definition) is 5. The minimum Gasteiger partial charge on any atom is -0.338 e. The third kappa shape index (κ3) is 3.94. The number of rotatable bonds is 3. The predicted molar refractivity (Wildman–Crippen MR) is 85.7 cm³/mol. The zero-order valence-electron chi connectivity index (χ0n) is 13.2. The highest BCUT2D eigenvalue weighted by Gasteiger charge is 2.23. The standard InChI is InChI=1S/C16H25N5O/c22-15(14-19-8-3-1-2-4-9-19)20-10-12-21(13-11-20)16-17-6-5-7-18-16/h5-7H,1-4,8-14H2. The van der Waals surface area contributed by atoms with Gasteiger partial charge in [-0.1, -0.05) is 12.8 Å². The van der Waals surface area contributed by atoms with Crippen LogP contribution in [-0.2, 0) is 4.79 Å². The van der Waals surface area contributed by atoms with Crippen molar-refractivity contribution in [1.29, 1.82) is 0 Å². The van der Waals surface area contributed by atoms with E-state index in [0.29, 0.717) is 6.54 Å². The lowest BCUT2D eigenvalue weighted by Crippen LogP contribution is -2.51. The minimum atomic E-state index is 0.274. The molecule has 3 rings (SSSR count). The Bertz CT molecular complexity index is 465. The molecule has 120 valence electrons. The maximum absolute atomic E-state index is 12.5. The van der Waals surface area contributed by atoms with Gasteiger partial charge >= 0.3 is 0 Å². The highest BCUT2D eigenvalue weighted by molar-refractivity contribution is 5.78. The fraction of sp³-hybridized carbons (Fsp3) is 0.688. The number of nitrogens with zero attached hydrogens (tertiary/aromatic N) is 5. The van der Waals surface area contributed by atoms with Crippen LogP contribution in [0.15, 0.2) is 18.5 Å². The first-order chi connectivity index (χ1) is 10.8. The topological polar surface area (TPSA) is 52.6 Å². The van der Waals surface area contributed by atoms with Gasteiger partial charge in [0.2, 0.25) is 11.9 Å². The summed E-state index contributed by atoms with van der Waals surface area (Å²) in [4.78, 5) is 27.5. The summed E-state index contributed by atoms with van der Waals surface area (Å²) in [5, 5.41) is 0. The fourth-order valence-electron chi connectivity index (χ4n) is 3.20. The van der Waals surface area contributed by atoms with Gasteiger partial charge in [-0.25, -0.2) is 9.97 Å². The highest BCUT2D eigenvalue weighted by atomic mass is 16.2. The molecule has 0 aromatic carbocycles. The molecule has 0 bridgehead atoms. The summed E-state index contributed by atoms with van der Waals surface area (Å²) in [7, 11) is 0. The van der Waals surface area contributed by atoms with Gasteiger partial charge in [0.1, 0.15) is 0 Å². The molecule has 1 aromatic heterocycles. The number of anilines is 1. The van der Waals surface area contributed by atoms with Crippen molar-refractivity contribution in [2.45, 2.75) is 25.7 Å². The molecule has 1 aromatic rings. The second-order valence-corrected chi connectivity index (χ2v) is 6.11. The first-order valence-electron chi connectivity index (χ1n) is 8.35. The molecule has 22 heavy (non-hydrogen) atoms. The van der Waals surface area contributed by atoms with Crippen LogP contribution in [0.1, 0.15) is 25.7 Å². The molecule has 6 heteroatoms. The van der Waals surface area contributed by atoms with Crippen LogP contribution >= 0.6 is 0 Å². The molecule has 0 saturated carbocycles. The lowest BCUT2D eigenvalue weighted by Gasteiger charge is -2.35. The molecule has 0 aliphatic carbocycles. The number of aromatic nitrogens is 2. The number of carbonyl (C=O) groups excluding carboxylic acids is 1. The molecule has 2 saturated heterocycles. The first kappa shape index (κ1) is 15.2. The van der Waals surface area contributed by atoms with Crippen molar-refractivity contribution in [3.63, 3.8) is 0 Å². The molecular weight excluding hydrogens is 278 g/mol. The third-order valence-corrected chi connectivity index (χ3v) is 4.52. The molecule has 0 radical (unpaired) electrons. The van der Waals surface area contributed by atoms with Gasteiger partial charge in [-0.3, -0.25) is 9.69 Å². The summed E-state index contributed by atoms with van der Waals surface area (Å²) in [6.45, 7) is 5.90. The van der Waals surface area contributed by atoms with E-state index in [1.807, 2.05) is 11.0 Å². The van der Waals surface area contributed by atoms with E-state index in [1.165, 1.54) is 25.7 Å². The predicted octanol–water partition coefficient (Wildman–Crippen LogP) is 1.00. The van der Waals surface area contributed by atoms with Crippen molar-refractivity contribution in [2.75, 3.05) is 50.7 Å². The number of amides is 1. The quantitative estimate of drug-likeness (QED) is 0.834. The molecule has 0 spiro atoms. The van der Waals surface area contributed by atoms with Crippen molar-refractivity contribution in [3.05, 3.63) is 18.5 Å². The van der Waals surface area contributed by atoms with Crippen molar-refractivity contribution < 1.29 is 4.79 Å². The first-order valence-corrected chi connectivity index (χ1v) is 8.35. The average molecular weight is 303 g/mol. The van der Waals surface area contributed by atoms with Gasteiger partial charge in [0.15, 0.2) is 0 Å². The molecule has 2 aliphatic rings. The summed E-state index contributed by atoms with van der Waals surface area (Å²) < 4.78 is 0. The Morgan fingerprint density at radius 1 is 0.909 bits per heavy atom. The van der Waals surface area contributed by atoms with Crippen molar-refractivity contribution >= 4 is 11.9 Å². The van der Waals surface area contributed by atoms with Crippen LogP contribution in [0, 0.1) is 0 Å². The van der Waals surface area contributed by atoms with E-state index >= 15 is 0 Å². The average Bonchev–Trinajstić information content (AvgIpc) is 2.84. The molecule has 0 atom stereocenters. The van der Waals surface area contributed by atoms with Crippen LogP contribution in [0.5, 0.6) is 0 Å². The van der Waals surface area contributed by atoms with Gasteiger partial charge in [-0.15, -0.1) is 0 Å². The van der Waals surface area contributed by atoms with Crippen LogP contribution in [0.25, 0.3) is 0 Å². The van der Waals surface area contributed by atoms with Crippen LogP contribution < -0.4 is 4.90 Å². The largest absolute Gasteiger partial charge is 0.338 e. The summed E-state index contributed by atoms with van der Waals surface area (Å²) in [6, 6.07) is 1.82. The van der Waals surface area contributed by atoms with Crippen molar-refractivity contribution in [1.82, 2.24) is 19.8 Å². The Morgan fingerprint density at radius 2 is 1.55 bits per heavy atom. The van der Waals surface area contributed by atoms with E-state index in [1.54, 1.807) is 12.4 Å². The van der Waals surface area contributed by atoms with E-state index in [2.05, 4.69) is 19.8 Å². The summed E-state index contributed by atoms with van der Waals surface area (Å²) in [5.41, 5.74) is 0. The maximum Gasteiger partial charge on any atom is 0.236 e. The monoisotopic (exact) mass is 303 g/mol.